The molecule has 0 unspecified atom stereocenters. The van der Waals surface area contributed by atoms with Crippen molar-refractivity contribution in [3.05, 3.63) is 15.1 Å². The molecular formula is C6H10N4O2S. The monoisotopic (exact) mass is 202 g/mol. The molecule has 72 valence electrons. The summed E-state index contributed by atoms with van der Waals surface area (Å²) in [6.45, 7) is 0.256. The normalized spacial score (nSPS) is 9.92. The van der Waals surface area contributed by atoms with Gasteiger partial charge in [0.05, 0.1) is 6.61 Å². The van der Waals surface area contributed by atoms with Crippen molar-refractivity contribution in [2.75, 3.05) is 24.2 Å². The molecule has 1 aromatic rings. The molecule has 0 saturated carbocycles. The molecular weight excluding hydrogens is 192 g/mol. The first-order valence-corrected chi connectivity index (χ1v) is 4.02. The molecule has 0 amide bonds. The summed E-state index contributed by atoms with van der Waals surface area (Å²) < 4.78 is 0.194. The SMILES string of the molecule is Nc1c(NCCO)[nH]c(=S)[nH]c1=O. The van der Waals surface area contributed by atoms with Crippen LogP contribution in [-0.4, -0.2) is 28.2 Å². The minimum absolute atomic E-state index is 0.0297. The molecule has 0 aliphatic heterocycles. The maximum absolute atomic E-state index is 11.1. The Morgan fingerprint density at radius 1 is 1.54 bits per heavy atom. The second-order valence-corrected chi connectivity index (χ2v) is 2.76. The Balaban J connectivity index is 3.06. The summed E-state index contributed by atoms with van der Waals surface area (Å²) in [5, 5.41) is 11.3. The highest BCUT2D eigenvalue weighted by molar-refractivity contribution is 7.71. The van der Waals surface area contributed by atoms with Crippen LogP contribution in [0.25, 0.3) is 0 Å². The number of aromatic amines is 2. The smallest absolute Gasteiger partial charge is 0.277 e. The van der Waals surface area contributed by atoms with Crippen LogP contribution in [0.1, 0.15) is 0 Å². The van der Waals surface area contributed by atoms with Gasteiger partial charge in [0.1, 0.15) is 11.5 Å². The van der Waals surface area contributed by atoms with Crippen LogP contribution < -0.4 is 16.6 Å². The van der Waals surface area contributed by atoms with Gasteiger partial charge in [-0.2, -0.15) is 0 Å². The molecule has 1 rings (SSSR count). The Hall–Kier alpha value is -1.34. The highest BCUT2D eigenvalue weighted by Gasteiger charge is 2.02. The molecule has 6 nitrogen and oxygen atoms in total. The van der Waals surface area contributed by atoms with E-state index in [1.54, 1.807) is 0 Å². The lowest BCUT2D eigenvalue weighted by Gasteiger charge is -2.05. The Bertz CT molecular complexity index is 396. The zero-order chi connectivity index (χ0) is 9.84. The summed E-state index contributed by atoms with van der Waals surface area (Å²) in [5.74, 6) is 0.336. The van der Waals surface area contributed by atoms with Crippen LogP contribution in [0.15, 0.2) is 4.79 Å². The third kappa shape index (κ3) is 2.30. The van der Waals surface area contributed by atoms with Gasteiger partial charge in [0.15, 0.2) is 4.77 Å². The molecule has 1 heterocycles. The molecule has 0 fully saturated rings. The van der Waals surface area contributed by atoms with E-state index in [0.29, 0.717) is 12.4 Å². The van der Waals surface area contributed by atoms with Crippen LogP contribution in [-0.2, 0) is 0 Å². The maximum Gasteiger partial charge on any atom is 0.277 e. The van der Waals surface area contributed by atoms with Gasteiger partial charge in [0.25, 0.3) is 5.56 Å². The Morgan fingerprint density at radius 3 is 2.85 bits per heavy atom. The molecule has 0 aliphatic rings. The molecule has 6 N–H and O–H groups in total. The second kappa shape index (κ2) is 4.06. The lowest BCUT2D eigenvalue weighted by Crippen LogP contribution is -2.18. The largest absolute Gasteiger partial charge is 0.395 e. The van der Waals surface area contributed by atoms with Crippen molar-refractivity contribution < 1.29 is 5.11 Å². The third-order valence-corrected chi connectivity index (χ3v) is 1.60. The number of aromatic nitrogens is 2. The van der Waals surface area contributed by atoms with Gasteiger partial charge in [-0.1, -0.05) is 0 Å². The number of aliphatic hydroxyl groups excluding tert-OH is 1. The zero-order valence-corrected chi connectivity index (χ0v) is 7.57. The molecule has 0 spiro atoms. The van der Waals surface area contributed by atoms with Crippen LogP contribution in [0, 0.1) is 4.77 Å². The minimum atomic E-state index is -0.441. The van der Waals surface area contributed by atoms with Crippen molar-refractivity contribution in [1.82, 2.24) is 9.97 Å². The second-order valence-electron chi connectivity index (χ2n) is 2.35. The number of aliphatic hydroxyl groups is 1. The average Bonchev–Trinajstić information content (AvgIpc) is 2.09. The molecule has 1 aromatic heterocycles. The Labute approximate surface area is 78.8 Å². The fourth-order valence-electron chi connectivity index (χ4n) is 0.816. The van der Waals surface area contributed by atoms with Crippen molar-refractivity contribution in [3.8, 4) is 0 Å². The first kappa shape index (κ1) is 9.75. The van der Waals surface area contributed by atoms with Crippen LogP contribution >= 0.6 is 12.2 Å². The summed E-state index contributed by atoms with van der Waals surface area (Å²) in [7, 11) is 0. The van der Waals surface area contributed by atoms with Gasteiger partial charge < -0.3 is 21.1 Å². The number of nitrogens with two attached hydrogens (primary N) is 1. The van der Waals surface area contributed by atoms with Crippen LogP contribution in [0.3, 0.4) is 0 Å². The minimum Gasteiger partial charge on any atom is -0.395 e. The molecule has 0 bridgehead atoms. The highest BCUT2D eigenvalue weighted by atomic mass is 32.1. The fraction of sp³-hybridized carbons (Fsp3) is 0.333. The Morgan fingerprint density at radius 2 is 2.23 bits per heavy atom. The van der Waals surface area contributed by atoms with Crippen molar-refractivity contribution in [2.24, 2.45) is 0 Å². The van der Waals surface area contributed by atoms with E-state index < -0.39 is 5.56 Å². The zero-order valence-electron chi connectivity index (χ0n) is 6.76. The standard InChI is InChI=1S/C6H10N4O2S/c7-3-4(8-1-2-11)9-6(13)10-5(3)12/h11H,1-2,7H2,(H3,8,9,10,12,13). The molecule has 0 saturated heterocycles. The number of nitrogen functional groups attached to an aromatic ring is 1. The summed E-state index contributed by atoms with van der Waals surface area (Å²) in [5.41, 5.74) is 5.02. The summed E-state index contributed by atoms with van der Waals surface area (Å²) >= 11 is 4.73. The first-order chi connectivity index (χ1) is 6.15. The fourth-order valence-corrected chi connectivity index (χ4v) is 1.01. The van der Waals surface area contributed by atoms with Gasteiger partial charge in [-0.05, 0) is 12.2 Å². The van der Waals surface area contributed by atoms with Crippen LogP contribution in [0.4, 0.5) is 11.5 Å². The van der Waals surface area contributed by atoms with E-state index in [-0.39, 0.29) is 17.1 Å². The number of hydrogen-bond donors (Lipinski definition) is 5. The van der Waals surface area contributed by atoms with E-state index in [1.165, 1.54) is 0 Å². The number of nitrogens with one attached hydrogen (secondary N) is 3. The third-order valence-electron chi connectivity index (χ3n) is 1.39. The van der Waals surface area contributed by atoms with Crippen LogP contribution in [0.5, 0.6) is 0 Å². The molecule has 0 atom stereocenters. The van der Waals surface area contributed by atoms with E-state index in [0.717, 1.165) is 0 Å². The summed E-state index contributed by atoms with van der Waals surface area (Å²) in [6, 6.07) is 0. The van der Waals surface area contributed by atoms with E-state index >= 15 is 0 Å². The van der Waals surface area contributed by atoms with Gasteiger partial charge in [-0.25, -0.2) is 0 Å². The number of hydrogen-bond acceptors (Lipinski definition) is 5. The quantitative estimate of drug-likeness (QED) is 0.421. The topological polar surface area (TPSA) is 107 Å². The van der Waals surface area contributed by atoms with Gasteiger partial charge >= 0.3 is 0 Å². The molecule has 13 heavy (non-hydrogen) atoms. The average molecular weight is 202 g/mol. The van der Waals surface area contributed by atoms with Gasteiger partial charge in [0, 0.05) is 6.54 Å². The van der Waals surface area contributed by atoms with E-state index in [4.69, 9.17) is 23.1 Å². The van der Waals surface area contributed by atoms with Crippen LogP contribution in [0.2, 0.25) is 0 Å². The first-order valence-electron chi connectivity index (χ1n) is 3.62. The number of H-pyrrole nitrogens is 2. The lowest BCUT2D eigenvalue weighted by atomic mass is 10.4. The van der Waals surface area contributed by atoms with Crippen molar-refractivity contribution in [3.63, 3.8) is 0 Å². The van der Waals surface area contributed by atoms with E-state index in [2.05, 4.69) is 15.3 Å². The van der Waals surface area contributed by atoms with Gasteiger partial charge in [-0.3, -0.25) is 9.78 Å². The number of rotatable bonds is 3. The van der Waals surface area contributed by atoms with Crippen molar-refractivity contribution in [2.45, 2.75) is 0 Å². The van der Waals surface area contributed by atoms with Crippen molar-refractivity contribution >= 4 is 23.7 Å². The predicted octanol–water partition coefficient (Wildman–Crippen LogP) is -0.581. The molecule has 0 aromatic carbocycles. The molecule has 0 radical (unpaired) electrons. The predicted molar refractivity (Wildman–Crippen MR) is 52.2 cm³/mol. The van der Waals surface area contributed by atoms with Gasteiger partial charge in [0.2, 0.25) is 0 Å². The summed E-state index contributed by atoms with van der Waals surface area (Å²) in [6.07, 6.45) is 0. The molecule has 7 heteroatoms. The van der Waals surface area contributed by atoms with E-state index in [1.807, 2.05) is 0 Å². The summed E-state index contributed by atoms with van der Waals surface area (Å²) in [4.78, 5) is 16.0. The maximum atomic E-state index is 11.1. The Kier molecular flexibility index (Phi) is 3.04. The van der Waals surface area contributed by atoms with Crippen molar-refractivity contribution in [1.29, 1.82) is 0 Å². The molecule has 0 aliphatic carbocycles. The van der Waals surface area contributed by atoms with Gasteiger partial charge in [-0.15, -0.1) is 0 Å². The van der Waals surface area contributed by atoms with E-state index in [9.17, 15) is 4.79 Å². The lowest BCUT2D eigenvalue weighted by molar-refractivity contribution is 0.311. The number of anilines is 2. The highest BCUT2D eigenvalue weighted by Crippen LogP contribution is 2.06.